The Morgan fingerprint density at radius 3 is 2.59 bits per heavy atom. The van der Waals surface area contributed by atoms with Gasteiger partial charge in [0, 0.05) is 0 Å². The van der Waals surface area contributed by atoms with Crippen molar-refractivity contribution in [2.24, 2.45) is 0 Å². The van der Waals surface area contributed by atoms with Crippen molar-refractivity contribution in [2.45, 2.75) is 13.0 Å². The van der Waals surface area contributed by atoms with Gasteiger partial charge in [0.2, 0.25) is 0 Å². The molecule has 0 bridgehead atoms. The first kappa shape index (κ1) is 11.6. The van der Waals surface area contributed by atoms with Crippen LogP contribution in [0.5, 0.6) is 0 Å². The summed E-state index contributed by atoms with van der Waals surface area (Å²) in [6.07, 6.45) is 4.34. The molecule has 1 aliphatic heterocycles. The van der Waals surface area contributed by atoms with E-state index in [1.54, 1.807) is 37.3 Å². The smallest absolute Gasteiger partial charge is 0.341 e. The van der Waals surface area contributed by atoms with Crippen molar-refractivity contribution in [3.8, 4) is 0 Å². The quantitative estimate of drug-likeness (QED) is 0.628. The van der Waals surface area contributed by atoms with Crippen molar-refractivity contribution < 1.29 is 9.90 Å². The van der Waals surface area contributed by atoms with Crippen LogP contribution in [0.15, 0.2) is 54.3 Å². The molecule has 2 rings (SSSR count). The van der Waals surface area contributed by atoms with Crippen LogP contribution in [0.2, 0.25) is 0 Å². The molecule has 0 aromatic heterocycles. The molecule has 0 unspecified atom stereocenters. The fourth-order valence-corrected chi connectivity index (χ4v) is 1.84. The van der Waals surface area contributed by atoms with Crippen LogP contribution in [-0.4, -0.2) is 17.1 Å². The topological polar surface area (TPSA) is 60.4 Å². The van der Waals surface area contributed by atoms with Crippen molar-refractivity contribution in [2.75, 3.05) is 0 Å². The summed E-state index contributed by atoms with van der Waals surface area (Å²) in [5.41, 5.74) is 0.560. The molecule has 0 radical (unpaired) electrons. The lowest BCUT2D eigenvalue weighted by Gasteiger charge is -2.44. The third-order valence-electron chi connectivity index (χ3n) is 2.90. The minimum Gasteiger partial charge on any atom is -0.622 e. The molecule has 4 nitrogen and oxygen atoms in total. The Morgan fingerprint density at radius 2 is 2.00 bits per heavy atom. The number of nitrogens with zero attached hydrogens (tertiary/aromatic N) is 1. The van der Waals surface area contributed by atoms with E-state index in [9.17, 15) is 10.0 Å². The Hall–Kier alpha value is -1.91. The average Bonchev–Trinajstić information content (AvgIpc) is 2.33. The van der Waals surface area contributed by atoms with Gasteiger partial charge in [-0.3, -0.25) is 4.65 Å². The Kier molecular flexibility index (Phi) is 2.83. The lowest BCUT2D eigenvalue weighted by atomic mass is 10.1. The molecular formula is C13H13NO3. The number of para-hydroxylation sites is 1. The molecule has 1 aromatic rings. The van der Waals surface area contributed by atoms with E-state index in [2.05, 4.69) is 0 Å². The van der Waals surface area contributed by atoms with Gasteiger partial charge in [0.15, 0.2) is 0 Å². The SMILES string of the molecule is C[C@@H]1C=CC(C(=O)O)=C[N@+]1([O-])c1ccccc1. The largest absolute Gasteiger partial charge is 0.622 e. The maximum atomic E-state index is 12.7. The van der Waals surface area contributed by atoms with Gasteiger partial charge in [-0.2, -0.15) is 0 Å². The second-order valence-electron chi connectivity index (χ2n) is 4.03. The van der Waals surface area contributed by atoms with Gasteiger partial charge >= 0.3 is 5.97 Å². The van der Waals surface area contributed by atoms with Crippen LogP contribution in [0.1, 0.15) is 6.92 Å². The molecule has 0 aliphatic carbocycles. The molecule has 0 spiro atoms. The minimum absolute atomic E-state index is 0.0296. The fraction of sp³-hybridized carbons (Fsp3) is 0.154. The maximum Gasteiger partial charge on any atom is 0.341 e. The Labute approximate surface area is 99.3 Å². The summed E-state index contributed by atoms with van der Waals surface area (Å²) in [5, 5.41) is 21.7. The number of carboxylic acid groups (broad SMARTS) is 1. The molecule has 17 heavy (non-hydrogen) atoms. The molecular weight excluding hydrogens is 218 g/mol. The minimum atomic E-state index is -1.08. The lowest BCUT2D eigenvalue weighted by molar-refractivity contribution is -0.132. The van der Waals surface area contributed by atoms with Gasteiger partial charge in [-0.25, -0.2) is 4.79 Å². The fourth-order valence-electron chi connectivity index (χ4n) is 1.84. The third kappa shape index (κ3) is 2.00. The first-order valence-electron chi connectivity index (χ1n) is 5.33. The summed E-state index contributed by atoms with van der Waals surface area (Å²) in [7, 11) is 0. The summed E-state index contributed by atoms with van der Waals surface area (Å²) in [4.78, 5) is 10.9. The highest BCUT2D eigenvalue weighted by molar-refractivity contribution is 5.90. The number of aliphatic carboxylic acids is 1. The molecule has 0 amide bonds. The zero-order valence-electron chi connectivity index (χ0n) is 9.41. The van der Waals surface area contributed by atoms with Crippen LogP contribution in [0.25, 0.3) is 0 Å². The average molecular weight is 231 g/mol. The Bertz CT molecular complexity index is 493. The standard InChI is InChI=1S/C13H13NO3/c1-10-7-8-11(13(15)16)9-14(10,17)12-5-3-2-4-6-12/h2-10H,1H3,(H,15,16)/t10-,14-/m1/s1. The number of carbonyl (C=O) groups is 1. The van der Waals surface area contributed by atoms with Crippen molar-refractivity contribution in [1.82, 2.24) is 4.65 Å². The van der Waals surface area contributed by atoms with E-state index in [4.69, 9.17) is 5.11 Å². The normalized spacial score (nSPS) is 27.6. The summed E-state index contributed by atoms with van der Waals surface area (Å²) in [6, 6.07) is 8.44. The summed E-state index contributed by atoms with van der Waals surface area (Å²) in [6.45, 7) is 1.77. The molecule has 0 saturated carbocycles. The highest BCUT2D eigenvalue weighted by Crippen LogP contribution is 2.30. The monoisotopic (exact) mass is 231 g/mol. The van der Waals surface area contributed by atoms with Crippen molar-refractivity contribution in [3.05, 3.63) is 59.5 Å². The first-order valence-corrected chi connectivity index (χ1v) is 5.33. The second kappa shape index (κ2) is 4.16. The van der Waals surface area contributed by atoms with Crippen molar-refractivity contribution in [1.29, 1.82) is 0 Å². The number of quaternary nitrogens is 1. The first-order chi connectivity index (χ1) is 8.04. The van der Waals surface area contributed by atoms with E-state index in [0.29, 0.717) is 5.69 Å². The number of hydrogen-bond donors (Lipinski definition) is 1. The van der Waals surface area contributed by atoms with E-state index in [0.717, 1.165) is 0 Å². The van der Waals surface area contributed by atoms with Gasteiger partial charge in [0.05, 0.1) is 0 Å². The van der Waals surface area contributed by atoms with Crippen LogP contribution in [0.3, 0.4) is 0 Å². The Morgan fingerprint density at radius 1 is 1.35 bits per heavy atom. The summed E-state index contributed by atoms with van der Waals surface area (Å²) >= 11 is 0. The van der Waals surface area contributed by atoms with Crippen molar-refractivity contribution in [3.63, 3.8) is 0 Å². The predicted octanol–water partition coefficient (Wildman–Crippen LogP) is 2.42. The molecule has 1 N–H and O–H groups in total. The zero-order valence-corrected chi connectivity index (χ0v) is 9.41. The molecule has 0 fully saturated rings. The van der Waals surface area contributed by atoms with Crippen LogP contribution in [0.4, 0.5) is 5.69 Å². The summed E-state index contributed by atoms with van der Waals surface area (Å²) < 4.78 is -0.765. The third-order valence-corrected chi connectivity index (χ3v) is 2.90. The van der Waals surface area contributed by atoms with Crippen LogP contribution in [-0.2, 0) is 4.79 Å². The van der Waals surface area contributed by atoms with Gasteiger partial charge < -0.3 is 10.3 Å². The zero-order chi connectivity index (χ0) is 12.5. The van der Waals surface area contributed by atoms with Gasteiger partial charge in [-0.05, 0) is 31.2 Å². The summed E-state index contributed by atoms with van der Waals surface area (Å²) in [5.74, 6) is -1.08. The van der Waals surface area contributed by atoms with Crippen LogP contribution < -0.4 is 4.65 Å². The van der Waals surface area contributed by atoms with Gasteiger partial charge in [0.1, 0.15) is 23.5 Å². The van der Waals surface area contributed by atoms with E-state index < -0.39 is 10.6 Å². The van der Waals surface area contributed by atoms with Gasteiger partial charge in [-0.1, -0.05) is 18.2 Å². The van der Waals surface area contributed by atoms with Crippen LogP contribution in [0, 0.1) is 5.21 Å². The van der Waals surface area contributed by atoms with E-state index >= 15 is 0 Å². The van der Waals surface area contributed by atoms with E-state index in [1.807, 2.05) is 6.07 Å². The number of benzene rings is 1. The molecule has 2 atom stereocenters. The Balaban J connectivity index is 2.49. The number of carboxylic acids is 1. The van der Waals surface area contributed by atoms with Gasteiger partial charge in [-0.15, -0.1) is 0 Å². The van der Waals surface area contributed by atoms with E-state index in [1.165, 1.54) is 12.3 Å². The maximum absolute atomic E-state index is 12.7. The van der Waals surface area contributed by atoms with Gasteiger partial charge in [0.25, 0.3) is 0 Å². The van der Waals surface area contributed by atoms with E-state index in [-0.39, 0.29) is 11.6 Å². The molecule has 4 heteroatoms. The predicted molar refractivity (Wildman–Crippen MR) is 65.9 cm³/mol. The molecule has 1 aliphatic rings. The number of rotatable bonds is 2. The lowest BCUT2D eigenvalue weighted by Crippen LogP contribution is -2.46. The number of hydrogen-bond acceptors (Lipinski definition) is 2. The van der Waals surface area contributed by atoms with Crippen molar-refractivity contribution >= 4 is 11.7 Å². The second-order valence-corrected chi connectivity index (χ2v) is 4.03. The molecule has 1 aromatic carbocycles. The number of hydroxylamine groups is 2. The van der Waals surface area contributed by atoms with Crippen LogP contribution >= 0.6 is 0 Å². The molecule has 1 heterocycles. The highest BCUT2D eigenvalue weighted by Gasteiger charge is 2.29. The molecule has 88 valence electrons. The molecule has 0 saturated heterocycles. The highest BCUT2D eigenvalue weighted by atomic mass is 16.5.